The fraction of sp³-hybridized carbons (Fsp3) is 0.778. The number of likely N-dealkylation sites (N-methyl/N-ethyl adjacent to an activating group) is 1. The van der Waals surface area contributed by atoms with Gasteiger partial charge in [0.25, 0.3) is 0 Å². The number of phosphoric acid groups is 1. The smallest absolute Gasteiger partial charge is 0.456 e. The molecule has 3 unspecified atom stereocenters. The van der Waals surface area contributed by atoms with E-state index in [2.05, 4.69) is 86.8 Å². The van der Waals surface area contributed by atoms with Gasteiger partial charge in [0.1, 0.15) is 19.3 Å². The average molecular weight is 1040 g/mol. The lowest BCUT2D eigenvalue weighted by atomic mass is 10.0. The molecule has 0 rings (SSSR count). The molecule has 0 aromatic heterocycles. The molecule has 73 heavy (non-hydrogen) atoms. The first kappa shape index (κ1) is 70.5. The summed E-state index contributed by atoms with van der Waals surface area (Å²) in [7, 11) is 1.48. The van der Waals surface area contributed by atoms with Crippen molar-refractivity contribution in [2.75, 3.05) is 40.9 Å². The number of ether oxygens (including phenoxy) is 1. The van der Waals surface area contributed by atoms with Crippen molar-refractivity contribution < 1.29 is 37.3 Å². The minimum absolute atomic E-state index is 0.0336. The van der Waals surface area contributed by atoms with Crippen LogP contribution >= 0.6 is 7.82 Å². The van der Waals surface area contributed by atoms with Crippen LogP contribution in [0, 0.1) is 0 Å². The number of hydrogen-bond acceptors (Lipinski definition) is 6. The van der Waals surface area contributed by atoms with E-state index in [0.29, 0.717) is 23.9 Å². The largest absolute Gasteiger partial charge is 0.472 e. The van der Waals surface area contributed by atoms with E-state index in [0.717, 1.165) is 89.9 Å². The van der Waals surface area contributed by atoms with Gasteiger partial charge in [-0.1, -0.05) is 248 Å². The lowest BCUT2D eigenvalue weighted by Crippen LogP contribution is -2.47. The Morgan fingerprint density at radius 3 is 1.33 bits per heavy atom. The highest BCUT2D eigenvalue weighted by molar-refractivity contribution is 7.47. The van der Waals surface area contributed by atoms with Gasteiger partial charge >= 0.3 is 13.8 Å². The van der Waals surface area contributed by atoms with E-state index in [1.807, 2.05) is 33.3 Å². The number of nitrogens with one attached hydrogen (secondary N) is 1. The summed E-state index contributed by atoms with van der Waals surface area (Å²) < 4.78 is 30.7. The highest BCUT2D eigenvalue weighted by Crippen LogP contribution is 2.43. The number of quaternary nitrogens is 1. The normalized spacial score (nSPS) is 14.2. The van der Waals surface area contributed by atoms with Crippen LogP contribution in [0.5, 0.6) is 0 Å². The van der Waals surface area contributed by atoms with Crippen LogP contribution in [0.15, 0.2) is 72.9 Å². The predicted octanol–water partition coefficient (Wildman–Crippen LogP) is 18.4. The van der Waals surface area contributed by atoms with Crippen molar-refractivity contribution in [2.24, 2.45) is 0 Å². The highest BCUT2D eigenvalue weighted by atomic mass is 31.2. The highest BCUT2D eigenvalue weighted by Gasteiger charge is 2.30. The summed E-state index contributed by atoms with van der Waals surface area (Å²) in [4.78, 5) is 37.7. The van der Waals surface area contributed by atoms with Crippen LogP contribution in [0.4, 0.5) is 0 Å². The molecule has 424 valence electrons. The predicted molar refractivity (Wildman–Crippen MR) is 314 cm³/mol. The summed E-state index contributed by atoms with van der Waals surface area (Å²) >= 11 is 0. The maximum Gasteiger partial charge on any atom is 0.472 e. The lowest BCUT2D eigenvalue weighted by Gasteiger charge is -2.27. The van der Waals surface area contributed by atoms with Gasteiger partial charge in [0, 0.05) is 12.8 Å². The second-order valence-corrected chi connectivity index (χ2v) is 23.0. The van der Waals surface area contributed by atoms with Crippen molar-refractivity contribution in [1.29, 1.82) is 0 Å². The molecule has 0 fully saturated rings. The van der Waals surface area contributed by atoms with Gasteiger partial charge in [0.15, 0.2) is 0 Å². The first-order valence-corrected chi connectivity index (χ1v) is 31.8. The van der Waals surface area contributed by atoms with Crippen molar-refractivity contribution in [3.05, 3.63) is 72.9 Å². The lowest BCUT2D eigenvalue weighted by molar-refractivity contribution is -0.870. The number of amides is 1. The van der Waals surface area contributed by atoms with Gasteiger partial charge in [0.2, 0.25) is 5.91 Å². The summed E-state index contributed by atoms with van der Waals surface area (Å²) in [6.07, 6.45) is 67.5. The molecule has 0 saturated heterocycles. The maximum atomic E-state index is 13.5. The minimum atomic E-state index is -4.45. The van der Waals surface area contributed by atoms with Gasteiger partial charge in [-0.05, 0) is 76.7 Å². The van der Waals surface area contributed by atoms with Crippen molar-refractivity contribution in [2.45, 2.75) is 277 Å². The molecular weight excluding hydrogens is 928 g/mol. The fourth-order valence-corrected chi connectivity index (χ4v) is 9.23. The standard InChI is InChI=1S/C63H115N2O7P/c1-7-10-13-16-19-22-25-28-30-31-32-33-35-38-41-44-47-50-53-56-63(67)72-61(54-51-48-45-42-39-36-27-24-21-18-15-12-9-3)60(59-71-73(68,69)70-58-57-65(4,5)6)64-62(66)55-52-49-46-43-40-37-34-29-26-23-20-17-14-11-8-2/h10,13,19,22,28,30,32-33,38,41,51,54,60-61H,7-9,11-12,14-18,20-21,23-27,29,31,34-37,39-40,42-50,52-53,55-59H2,1-6H3,(H-,64,66,68,69)/p+1/b13-10-,22-19-,30-28-,33-32-,41-38-,54-51+. The molecule has 0 aromatic rings. The monoisotopic (exact) mass is 1040 g/mol. The molecule has 1 amide bonds. The number of nitrogens with zero attached hydrogens (tertiary/aromatic N) is 1. The number of phosphoric ester groups is 1. The van der Waals surface area contributed by atoms with Crippen LogP contribution in [0.1, 0.15) is 265 Å². The number of allylic oxidation sites excluding steroid dienone is 11. The first-order chi connectivity index (χ1) is 35.4. The Balaban J connectivity index is 5.38. The number of carbonyl (C=O) groups excluding carboxylic acids is 2. The van der Waals surface area contributed by atoms with Crippen molar-refractivity contribution in [3.63, 3.8) is 0 Å². The zero-order chi connectivity index (χ0) is 53.6. The minimum Gasteiger partial charge on any atom is -0.456 e. The van der Waals surface area contributed by atoms with Gasteiger partial charge in [0.05, 0.1) is 33.8 Å². The molecule has 0 bridgehead atoms. The van der Waals surface area contributed by atoms with Gasteiger partial charge in [-0.15, -0.1) is 0 Å². The van der Waals surface area contributed by atoms with Gasteiger partial charge < -0.3 is 19.4 Å². The van der Waals surface area contributed by atoms with Crippen LogP contribution in [0.2, 0.25) is 0 Å². The van der Waals surface area contributed by atoms with E-state index in [4.69, 9.17) is 13.8 Å². The molecule has 9 nitrogen and oxygen atoms in total. The molecular formula is C63H116N2O7P+. The number of hydrogen-bond donors (Lipinski definition) is 2. The number of rotatable bonds is 54. The maximum absolute atomic E-state index is 13.5. The third kappa shape index (κ3) is 54.1. The van der Waals surface area contributed by atoms with Crippen LogP contribution in [0.3, 0.4) is 0 Å². The average Bonchev–Trinajstić information content (AvgIpc) is 3.35. The third-order valence-electron chi connectivity index (χ3n) is 13.2. The number of carbonyl (C=O) groups is 2. The quantitative estimate of drug-likeness (QED) is 0.0205. The Bertz CT molecular complexity index is 1480. The zero-order valence-corrected chi connectivity index (χ0v) is 49.3. The van der Waals surface area contributed by atoms with Gasteiger partial charge in [-0.2, -0.15) is 0 Å². The molecule has 0 aliphatic heterocycles. The molecule has 0 heterocycles. The van der Waals surface area contributed by atoms with E-state index in [-0.39, 0.29) is 31.5 Å². The molecule has 0 aliphatic carbocycles. The molecule has 0 saturated carbocycles. The van der Waals surface area contributed by atoms with E-state index in [1.165, 1.54) is 135 Å². The molecule has 0 aliphatic rings. The van der Waals surface area contributed by atoms with E-state index < -0.39 is 20.0 Å². The van der Waals surface area contributed by atoms with E-state index >= 15 is 0 Å². The Kier molecular flexibility index (Phi) is 51.0. The second-order valence-electron chi connectivity index (χ2n) is 21.5. The molecule has 0 radical (unpaired) electrons. The SMILES string of the molecule is CC/C=C\C/C=C\C/C=C\C/C=C\C/C=C\CCCCCC(=O)OC(/C=C/CCCCCCCCCCCCC)C(COP(=O)(O)OCC[N+](C)(C)C)NC(=O)CCCCCCCCCCCCCCCCC. The Labute approximate surface area is 451 Å². The van der Waals surface area contributed by atoms with Crippen molar-refractivity contribution in [3.8, 4) is 0 Å². The van der Waals surface area contributed by atoms with Crippen LogP contribution in [-0.2, 0) is 27.9 Å². The summed E-state index contributed by atoms with van der Waals surface area (Å²) in [5, 5.41) is 3.05. The topological polar surface area (TPSA) is 111 Å². The molecule has 2 N–H and O–H groups in total. The van der Waals surface area contributed by atoms with Gasteiger partial charge in [-0.3, -0.25) is 18.6 Å². The van der Waals surface area contributed by atoms with Crippen LogP contribution in [0.25, 0.3) is 0 Å². The van der Waals surface area contributed by atoms with Crippen molar-refractivity contribution in [1.82, 2.24) is 5.32 Å². The Morgan fingerprint density at radius 2 is 0.877 bits per heavy atom. The van der Waals surface area contributed by atoms with Gasteiger partial charge in [-0.25, -0.2) is 4.57 Å². The summed E-state index contributed by atoms with van der Waals surface area (Å²) in [6, 6.07) is -0.862. The molecule has 0 spiro atoms. The summed E-state index contributed by atoms with van der Waals surface area (Å²) in [5.74, 6) is -0.538. The number of unbranched alkanes of at least 4 members (excludes halogenated alkanes) is 28. The van der Waals surface area contributed by atoms with Crippen LogP contribution < -0.4 is 5.32 Å². The summed E-state index contributed by atoms with van der Waals surface area (Å²) in [6.45, 7) is 6.89. The fourth-order valence-electron chi connectivity index (χ4n) is 8.50. The molecule has 10 heteroatoms. The second kappa shape index (κ2) is 52.9. The van der Waals surface area contributed by atoms with E-state index in [1.54, 1.807) is 0 Å². The Morgan fingerprint density at radius 1 is 0.493 bits per heavy atom. The zero-order valence-electron chi connectivity index (χ0n) is 48.4. The molecule has 0 aromatic carbocycles. The number of esters is 1. The van der Waals surface area contributed by atoms with E-state index in [9.17, 15) is 19.0 Å². The van der Waals surface area contributed by atoms with Crippen molar-refractivity contribution >= 4 is 19.7 Å². The Hall–Kier alpha value is -2.55. The third-order valence-corrected chi connectivity index (χ3v) is 14.1. The van der Waals surface area contributed by atoms with Crippen LogP contribution in [-0.4, -0.2) is 74.3 Å². The summed E-state index contributed by atoms with van der Waals surface area (Å²) in [5.41, 5.74) is 0. The first-order valence-electron chi connectivity index (χ1n) is 30.3. The molecule has 3 atom stereocenters.